The molecule has 5 heteroatoms. The van der Waals surface area contributed by atoms with Crippen LogP contribution in [-0.4, -0.2) is 29.6 Å². The monoisotopic (exact) mass is 274 g/mol. The van der Waals surface area contributed by atoms with E-state index >= 15 is 0 Å². The lowest BCUT2D eigenvalue weighted by molar-refractivity contribution is 0.171. The summed E-state index contributed by atoms with van der Waals surface area (Å²) < 4.78 is 13.1. The Kier molecular flexibility index (Phi) is 5.85. The van der Waals surface area contributed by atoms with Gasteiger partial charge >= 0.3 is 0 Å². The number of piperidine rings is 1. The Balaban J connectivity index is 0.00000162. The fraction of sp³-hybridized carbons (Fsp3) is 0.538. The van der Waals surface area contributed by atoms with Gasteiger partial charge in [-0.3, -0.25) is 4.90 Å². The zero-order valence-electron chi connectivity index (χ0n) is 10.3. The van der Waals surface area contributed by atoms with Gasteiger partial charge in [-0.1, -0.05) is 0 Å². The van der Waals surface area contributed by atoms with E-state index in [0.717, 1.165) is 31.1 Å². The fourth-order valence-electron chi connectivity index (χ4n) is 2.47. The molecule has 1 aromatic rings. The molecule has 3 nitrogen and oxygen atoms in total. The third-order valence-electron chi connectivity index (χ3n) is 3.28. The van der Waals surface area contributed by atoms with Gasteiger partial charge < -0.3 is 10.8 Å². The summed E-state index contributed by atoms with van der Waals surface area (Å²) in [4.78, 5) is 2.27. The van der Waals surface area contributed by atoms with E-state index in [9.17, 15) is 9.50 Å². The number of hydrogen-bond donors (Lipinski definition) is 2. The Hall–Kier alpha value is -0.840. The zero-order chi connectivity index (χ0) is 12.3. The van der Waals surface area contributed by atoms with Crippen LogP contribution in [0, 0.1) is 11.7 Å². The van der Waals surface area contributed by atoms with Crippen LogP contribution < -0.4 is 5.73 Å². The highest BCUT2D eigenvalue weighted by Crippen LogP contribution is 2.20. The van der Waals surface area contributed by atoms with E-state index in [1.807, 2.05) is 0 Å². The van der Waals surface area contributed by atoms with Crippen molar-refractivity contribution in [3.63, 3.8) is 0 Å². The van der Waals surface area contributed by atoms with Crippen LogP contribution in [0.1, 0.15) is 18.4 Å². The lowest BCUT2D eigenvalue weighted by Gasteiger charge is -2.32. The second-order valence-electron chi connectivity index (χ2n) is 4.80. The average Bonchev–Trinajstić information content (AvgIpc) is 2.28. The molecule has 3 N–H and O–H groups in total. The molecule has 1 heterocycles. The number of benzene rings is 1. The molecular weight excluding hydrogens is 255 g/mol. The van der Waals surface area contributed by atoms with E-state index in [1.54, 1.807) is 6.07 Å². The van der Waals surface area contributed by atoms with Crippen LogP contribution >= 0.6 is 12.4 Å². The van der Waals surface area contributed by atoms with Crippen molar-refractivity contribution in [3.8, 4) is 5.75 Å². The minimum absolute atomic E-state index is 0. The summed E-state index contributed by atoms with van der Waals surface area (Å²) in [6.07, 6.45) is 2.32. The predicted octanol–water partition coefficient (Wildman–Crippen LogP) is 2.12. The molecule has 0 amide bonds. The lowest BCUT2D eigenvalue weighted by atomic mass is 9.98. The Morgan fingerprint density at radius 1 is 1.39 bits per heavy atom. The molecule has 102 valence electrons. The van der Waals surface area contributed by atoms with E-state index in [-0.39, 0.29) is 24.0 Å². The predicted molar refractivity (Wildman–Crippen MR) is 72.4 cm³/mol. The molecule has 1 fully saturated rings. The molecule has 0 aromatic heterocycles. The molecule has 1 aliphatic heterocycles. The molecule has 1 unspecified atom stereocenters. The quantitative estimate of drug-likeness (QED) is 0.888. The number of phenols is 1. The van der Waals surface area contributed by atoms with Crippen molar-refractivity contribution in [1.82, 2.24) is 4.90 Å². The highest BCUT2D eigenvalue weighted by molar-refractivity contribution is 5.85. The number of hydrogen-bond acceptors (Lipinski definition) is 3. The van der Waals surface area contributed by atoms with Crippen LogP contribution in [0.4, 0.5) is 4.39 Å². The van der Waals surface area contributed by atoms with E-state index < -0.39 is 0 Å². The van der Waals surface area contributed by atoms with Crippen molar-refractivity contribution in [1.29, 1.82) is 0 Å². The van der Waals surface area contributed by atoms with Crippen LogP contribution in [-0.2, 0) is 6.54 Å². The fourth-order valence-corrected chi connectivity index (χ4v) is 2.47. The summed E-state index contributed by atoms with van der Waals surface area (Å²) in [5, 5.41) is 9.34. The van der Waals surface area contributed by atoms with Gasteiger partial charge in [-0.25, -0.2) is 4.39 Å². The SMILES string of the molecule is Cl.NCC1CCCN(Cc2cc(O)cc(F)c2)C1. The number of nitrogens with two attached hydrogens (primary N) is 1. The molecule has 0 spiro atoms. The van der Waals surface area contributed by atoms with Crippen LogP contribution in [0.25, 0.3) is 0 Å². The lowest BCUT2D eigenvalue weighted by Crippen LogP contribution is -2.37. The maximum Gasteiger partial charge on any atom is 0.127 e. The Morgan fingerprint density at radius 3 is 2.83 bits per heavy atom. The van der Waals surface area contributed by atoms with Gasteiger partial charge in [0, 0.05) is 19.2 Å². The number of likely N-dealkylation sites (tertiary alicyclic amines) is 1. The first-order valence-electron chi connectivity index (χ1n) is 6.08. The van der Waals surface area contributed by atoms with Crippen LogP contribution in [0.3, 0.4) is 0 Å². The Bertz CT molecular complexity index is 369. The van der Waals surface area contributed by atoms with Crippen molar-refractivity contribution < 1.29 is 9.50 Å². The van der Waals surface area contributed by atoms with Crippen molar-refractivity contribution in [2.24, 2.45) is 11.7 Å². The average molecular weight is 275 g/mol. The molecular formula is C13H20ClFN2O. The topological polar surface area (TPSA) is 49.5 Å². The largest absolute Gasteiger partial charge is 0.508 e. The molecule has 1 saturated heterocycles. The zero-order valence-corrected chi connectivity index (χ0v) is 11.1. The van der Waals surface area contributed by atoms with E-state index in [2.05, 4.69) is 4.90 Å². The van der Waals surface area contributed by atoms with Crippen LogP contribution in [0.15, 0.2) is 18.2 Å². The number of phenolic OH excluding ortho intramolecular Hbond substituents is 1. The van der Waals surface area contributed by atoms with Gasteiger partial charge in [0.05, 0.1) is 0 Å². The highest BCUT2D eigenvalue weighted by Gasteiger charge is 2.18. The van der Waals surface area contributed by atoms with Crippen molar-refractivity contribution in [2.75, 3.05) is 19.6 Å². The maximum atomic E-state index is 13.1. The molecule has 1 atom stereocenters. The van der Waals surface area contributed by atoms with Gasteiger partial charge in [-0.15, -0.1) is 12.4 Å². The van der Waals surface area contributed by atoms with Gasteiger partial charge in [0.1, 0.15) is 11.6 Å². The van der Waals surface area contributed by atoms with Crippen molar-refractivity contribution >= 4 is 12.4 Å². The molecule has 0 saturated carbocycles. The summed E-state index contributed by atoms with van der Waals surface area (Å²) in [5.41, 5.74) is 6.50. The van der Waals surface area contributed by atoms with E-state index in [0.29, 0.717) is 19.0 Å². The highest BCUT2D eigenvalue weighted by atomic mass is 35.5. The third kappa shape index (κ3) is 4.12. The molecule has 0 aliphatic carbocycles. The van der Waals surface area contributed by atoms with Crippen LogP contribution in [0.2, 0.25) is 0 Å². The van der Waals surface area contributed by atoms with Gasteiger partial charge in [-0.05, 0) is 49.5 Å². The normalized spacial score (nSPS) is 20.4. The minimum atomic E-state index is -0.382. The molecule has 18 heavy (non-hydrogen) atoms. The summed E-state index contributed by atoms with van der Waals surface area (Å²) in [5.74, 6) is 0.158. The summed E-state index contributed by atoms with van der Waals surface area (Å²) in [6.45, 7) is 3.38. The van der Waals surface area contributed by atoms with Gasteiger partial charge in [0.25, 0.3) is 0 Å². The summed E-state index contributed by atoms with van der Waals surface area (Å²) in [7, 11) is 0. The second-order valence-corrected chi connectivity index (χ2v) is 4.80. The number of nitrogens with zero attached hydrogens (tertiary/aromatic N) is 1. The van der Waals surface area contributed by atoms with E-state index in [1.165, 1.54) is 12.5 Å². The third-order valence-corrected chi connectivity index (χ3v) is 3.28. The van der Waals surface area contributed by atoms with E-state index in [4.69, 9.17) is 5.73 Å². The number of aromatic hydroxyl groups is 1. The Labute approximate surface area is 113 Å². The smallest absolute Gasteiger partial charge is 0.127 e. The van der Waals surface area contributed by atoms with Crippen molar-refractivity contribution in [3.05, 3.63) is 29.6 Å². The first-order chi connectivity index (χ1) is 8.17. The van der Waals surface area contributed by atoms with Crippen LogP contribution in [0.5, 0.6) is 5.75 Å². The Morgan fingerprint density at radius 2 is 2.17 bits per heavy atom. The second kappa shape index (κ2) is 6.92. The first-order valence-corrected chi connectivity index (χ1v) is 6.08. The molecule has 1 aliphatic rings. The molecule has 2 rings (SSSR count). The van der Waals surface area contributed by atoms with Gasteiger partial charge in [0.2, 0.25) is 0 Å². The standard InChI is InChI=1S/C13H19FN2O.ClH/c14-12-4-11(5-13(17)6-12)9-16-3-1-2-10(7-15)8-16;/h4-6,10,17H,1-3,7-9,15H2;1H. The minimum Gasteiger partial charge on any atom is -0.508 e. The first kappa shape index (κ1) is 15.2. The molecule has 0 radical (unpaired) electrons. The van der Waals surface area contributed by atoms with Gasteiger partial charge in [0.15, 0.2) is 0 Å². The number of rotatable bonds is 3. The summed E-state index contributed by atoms with van der Waals surface area (Å²) in [6, 6.07) is 4.23. The maximum absolute atomic E-state index is 13.1. The van der Waals surface area contributed by atoms with Crippen molar-refractivity contribution in [2.45, 2.75) is 19.4 Å². The number of halogens is 2. The molecule has 1 aromatic carbocycles. The van der Waals surface area contributed by atoms with Gasteiger partial charge in [-0.2, -0.15) is 0 Å². The summed E-state index contributed by atoms with van der Waals surface area (Å²) >= 11 is 0. The molecule has 0 bridgehead atoms.